The van der Waals surface area contributed by atoms with Crippen molar-refractivity contribution in [3.63, 3.8) is 0 Å². The quantitative estimate of drug-likeness (QED) is 0.789. The van der Waals surface area contributed by atoms with Crippen molar-refractivity contribution < 1.29 is 14.6 Å². The fraction of sp³-hybridized carbons (Fsp3) is 0.786. The number of carbonyl (C=O) groups excluding carboxylic acids is 1. The molecule has 0 saturated carbocycles. The molecule has 1 rings (SSSR count). The molecule has 0 aromatic rings. The van der Waals surface area contributed by atoms with Gasteiger partial charge in [0.2, 0.25) is 0 Å². The van der Waals surface area contributed by atoms with Crippen LogP contribution in [0.5, 0.6) is 0 Å². The van der Waals surface area contributed by atoms with Crippen LogP contribution >= 0.6 is 0 Å². The summed E-state index contributed by atoms with van der Waals surface area (Å²) in [6, 6.07) is 0. The van der Waals surface area contributed by atoms with Gasteiger partial charge in [-0.1, -0.05) is 0 Å². The highest BCUT2D eigenvalue weighted by Gasteiger charge is 2.26. The molecule has 1 aliphatic rings. The normalized spacial score (nSPS) is 23.2. The Morgan fingerprint density at radius 1 is 1.42 bits per heavy atom. The molecular formula is C14H26N2O3. The number of carbonyl (C=O) groups is 1. The van der Waals surface area contributed by atoms with Crippen molar-refractivity contribution in [2.45, 2.75) is 45.3 Å². The van der Waals surface area contributed by atoms with E-state index in [4.69, 9.17) is 4.74 Å². The lowest BCUT2D eigenvalue weighted by Crippen LogP contribution is -2.37. The van der Waals surface area contributed by atoms with Crippen LogP contribution in [0.2, 0.25) is 0 Å². The summed E-state index contributed by atoms with van der Waals surface area (Å²) < 4.78 is 5.36. The molecule has 1 aliphatic heterocycles. The van der Waals surface area contributed by atoms with E-state index in [1.54, 1.807) is 4.90 Å². The Morgan fingerprint density at radius 2 is 2.05 bits per heavy atom. The highest BCUT2D eigenvalue weighted by molar-refractivity contribution is 5.68. The fourth-order valence-corrected chi connectivity index (χ4v) is 2.00. The molecule has 1 N–H and O–H groups in total. The van der Waals surface area contributed by atoms with Crippen LogP contribution in [-0.4, -0.2) is 59.9 Å². The third-order valence-corrected chi connectivity index (χ3v) is 2.85. The Labute approximate surface area is 115 Å². The molecule has 1 saturated heterocycles. The van der Waals surface area contributed by atoms with Gasteiger partial charge in [-0.05, 0) is 39.2 Å². The van der Waals surface area contributed by atoms with Gasteiger partial charge in [-0.25, -0.2) is 4.79 Å². The van der Waals surface area contributed by atoms with Crippen LogP contribution < -0.4 is 0 Å². The molecule has 1 unspecified atom stereocenters. The van der Waals surface area contributed by atoms with Crippen LogP contribution in [0, 0.1) is 0 Å². The van der Waals surface area contributed by atoms with Crippen molar-refractivity contribution in [2.24, 2.45) is 0 Å². The summed E-state index contributed by atoms with van der Waals surface area (Å²) >= 11 is 0. The van der Waals surface area contributed by atoms with E-state index in [1.807, 2.05) is 46.0 Å². The van der Waals surface area contributed by atoms with Crippen LogP contribution in [0.3, 0.4) is 0 Å². The molecule has 0 radical (unpaired) electrons. The van der Waals surface area contributed by atoms with E-state index in [-0.39, 0.29) is 6.09 Å². The number of aliphatic hydroxyl groups excluding tert-OH is 1. The van der Waals surface area contributed by atoms with E-state index in [2.05, 4.69) is 0 Å². The first-order valence-corrected chi connectivity index (χ1v) is 6.72. The lowest BCUT2D eigenvalue weighted by molar-refractivity contribution is 0.0251. The first-order valence-electron chi connectivity index (χ1n) is 6.72. The van der Waals surface area contributed by atoms with E-state index in [0.29, 0.717) is 25.9 Å². The van der Waals surface area contributed by atoms with Gasteiger partial charge in [0.1, 0.15) is 5.60 Å². The van der Waals surface area contributed by atoms with Crippen LogP contribution in [0.15, 0.2) is 11.8 Å². The maximum absolute atomic E-state index is 12.0. The van der Waals surface area contributed by atoms with E-state index in [0.717, 1.165) is 5.57 Å². The second kappa shape index (κ2) is 6.28. The third kappa shape index (κ3) is 5.51. The lowest BCUT2D eigenvalue weighted by Gasteiger charge is -2.26. The van der Waals surface area contributed by atoms with Gasteiger partial charge in [-0.15, -0.1) is 0 Å². The Bertz CT molecular complexity index is 345. The van der Waals surface area contributed by atoms with Gasteiger partial charge in [0.15, 0.2) is 0 Å². The third-order valence-electron chi connectivity index (χ3n) is 2.85. The molecule has 1 heterocycles. The van der Waals surface area contributed by atoms with E-state index < -0.39 is 11.7 Å². The summed E-state index contributed by atoms with van der Waals surface area (Å²) in [4.78, 5) is 15.6. The summed E-state index contributed by atoms with van der Waals surface area (Å²) in [5, 5.41) is 10.1. The van der Waals surface area contributed by atoms with Gasteiger partial charge in [0.25, 0.3) is 0 Å². The monoisotopic (exact) mass is 270 g/mol. The molecular weight excluding hydrogens is 244 g/mol. The minimum Gasteiger partial charge on any atom is -0.444 e. The first-order chi connectivity index (χ1) is 8.69. The van der Waals surface area contributed by atoms with Crippen LogP contribution in [0.25, 0.3) is 0 Å². The SMILES string of the molecule is CN(C)/C=C1/CCN(C(=O)OC(C)(C)C)CCC1O. The molecule has 0 aliphatic carbocycles. The van der Waals surface area contributed by atoms with Crippen LogP contribution in [0.4, 0.5) is 4.79 Å². The maximum Gasteiger partial charge on any atom is 0.410 e. The molecule has 0 bridgehead atoms. The number of hydrogen-bond acceptors (Lipinski definition) is 4. The minimum atomic E-state index is -0.482. The fourth-order valence-electron chi connectivity index (χ4n) is 2.00. The second-order valence-corrected chi connectivity index (χ2v) is 6.19. The number of hydrogen-bond donors (Lipinski definition) is 1. The van der Waals surface area contributed by atoms with Crippen molar-refractivity contribution in [2.75, 3.05) is 27.2 Å². The van der Waals surface area contributed by atoms with E-state index >= 15 is 0 Å². The van der Waals surface area contributed by atoms with Crippen molar-refractivity contribution in [3.8, 4) is 0 Å². The summed E-state index contributed by atoms with van der Waals surface area (Å²) in [6.07, 6.45) is 2.39. The van der Waals surface area contributed by atoms with Gasteiger partial charge in [0, 0.05) is 33.4 Å². The van der Waals surface area contributed by atoms with Crippen molar-refractivity contribution >= 4 is 6.09 Å². The summed E-state index contributed by atoms with van der Waals surface area (Å²) in [5.41, 5.74) is 0.487. The molecule has 0 aromatic heterocycles. The zero-order valence-corrected chi connectivity index (χ0v) is 12.6. The Kier molecular flexibility index (Phi) is 5.23. The smallest absolute Gasteiger partial charge is 0.410 e. The first kappa shape index (κ1) is 15.8. The number of ether oxygens (including phenoxy) is 1. The van der Waals surface area contributed by atoms with Crippen LogP contribution in [0.1, 0.15) is 33.6 Å². The Hall–Kier alpha value is -1.23. The zero-order valence-electron chi connectivity index (χ0n) is 12.6. The lowest BCUT2D eigenvalue weighted by atomic mass is 10.1. The molecule has 5 nitrogen and oxygen atoms in total. The minimum absolute atomic E-state index is 0.300. The highest BCUT2D eigenvalue weighted by atomic mass is 16.6. The largest absolute Gasteiger partial charge is 0.444 e. The van der Waals surface area contributed by atoms with E-state index in [1.165, 1.54) is 0 Å². The van der Waals surface area contributed by atoms with Gasteiger partial charge < -0.3 is 19.6 Å². The predicted molar refractivity (Wildman–Crippen MR) is 74.8 cm³/mol. The van der Waals surface area contributed by atoms with Gasteiger partial charge in [-0.2, -0.15) is 0 Å². The number of likely N-dealkylation sites (tertiary alicyclic amines) is 1. The number of rotatable bonds is 1. The van der Waals surface area contributed by atoms with Crippen molar-refractivity contribution in [1.29, 1.82) is 0 Å². The molecule has 1 amide bonds. The number of amides is 1. The number of aliphatic hydroxyl groups is 1. The maximum atomic E-state index is 12.0. The predicted octanol–water partition coefficient (Wildman–Crippen LogP) is 1.82. The Morgan fingerprint density at radius 3 is 2.58 bits per heavy atom. The summed E-state index contributed by atoms with van der Waals surface area (Å²) in [5.74, 6) is 0. The molecule has 110 valence electrons. The standard InChI is InChI=1S/C14H26N2O3/c1-14(2,3)19-13(18)16-8-6-11(10-15(4)5)12(17)7-9-16/h10,12,17H,6-9H2,1-5H3/b11-10-. The topological polar surface area (TPSA) is 53.0 Å². The van der Waals surface area contributed by atoms with Crippen molar-refractivity contribution in [1.82, 2.24) is 9.80 Å². The van der Waals surface area contributed by atoms with Crippen molar-refractivity contribution in [3.05, 3.63) is 11.8 Å². The average molecular weight is 270 g/mol. The average Bonchev–Trinajstić information content (AvgIpc) is 2.39. The Balaban J connectivity index is 2.65. The molecule has 1 atom stereocenters. The van der Waals surface area contributed by atoms with Gasteiger partial charge in [-0.3, -0.25) is 0 Å². The molecule has 0 spiro atoms. The number of nitrogens with zero attached hydrogens (tertiary/aromatic N) is 2. The highest BCUT2D eigenvalue weighted by Crippen LogP contribution is 2.19. The molecule has 19 heavy (non-hydrogen) atoms. The summed E-state index contributed by atoms with van der Waals surface area (Å²) in [7, 11) is 3.85. The molecule has 1 fully saturated rings. The van der Waals surface area contributed by atoms with Gasteiger partial charge >= 0.3 is 6.09 Å². The van der Waals surface area contributed by atoms with E-state index in [9.17, 15) is 9.90 Å². The van der Waals surface area contributed by atoms with Crippen LogP contribution in [-0.2, 0) is 4.74 Å². The zero-order chi connectivity index (χ0) is 14.6. The second-order valence-electron chi connectivity index (χ2n) is 6.19. The summed E-state index contributed by atoms with van der Waals surface area (Å²) in [6.45, 7) is 6.69. The van der Waals surface area contributed by atoms with Gasteiger partial charge in [0.05, 0.1) is 6.10 Å². The molecule has 5 heteroatoms. The molecule has 0 aromatic carbocycles.